The lowest BCUT2D eigenvalue weighted by atomic mass is 10.1. The largest absolute Gasteiger partial charge is 0.329 e. The van der Waals surface area contributed by atoms with Crippen LogP contribution in [0.2, 0.25) is 0 Å². The van der Waals surface area contributed by atoms with Crippen molar-refractivity contribution in [1.29, 1.82) is 0 Å². The molecule has 1 aliphatic rings. The minimum absolute atomic E-state index is 0.280. The number of aromatic nitrogens is 1. The van der Waals surface area contributed by atoms with Crippen LogP contribution in [-0.4, -0.2) is 22.3 Å². The van der Waals surface area contributed by atoms with Gasteiger partial charge in [0.05, 0.1) is 21.8 Å². The van der Waals surface area contributed by atoms with Gasteiger partial charge in [-0.3, -0.25) is 4.79 Å². The fourth-order valence-corrected chi connectivity index (χ4v) is 4.26. The molecule has 1 amide bonds. The van der Waals surface area contributed by atoms with Crippen LogP contribution in [-0.2, 0) is 0 Å². The first-order valence-corrected chi connectivity index (χ1v) is 8.68. The Hall–Kier alpha value is -2.41. The molecule has 1 fully saturated rings. The summed E-state index contributed by atoms with van der Waals surface area (Å²) in [6, 6.07) is 9.13. The van der Waals surface area contributed by atoms with Crippen molar-refractivity contribution in [1.82, 2.24) is 9.88 Å². The van der Waals surface area contributed by atoms with Crippen LogP contribution in [0.3, 0.4) is 0 Å². The number of carbonyl (C=O) groups is 1. The smallest absolute Gasteiger partial charge is 0.257 e. The third-order valence-electron chi connectivity index (χ3n) is 4.37. The van der Waals surface area contributed by atoms with Crippen molar-refractivity contribution in [2.45, 2.75) is 18.9 Å². The lowest BCUT2D eigenvalue weighted by molar-refractivity contribution is 0.0729. The Morgan fingerprint density at radius 2 is 1.92 bits per heavy atom. The lowest BCUT2D eigenvalue weighted by Gasteiger charge is -2.23. The molecule has 3 aromatic rings. The Morgan fingerprint density at radius 3 is 2.72 bits per heavy atom. The standard InChI is InChI=1S/C18H13F3N2OS/c19-11-8-7-10(15(20)16(11)21)18(24)23-9-3-5-13(23)17-22-12-4-1-2-6-14(12)25-17/h1-2,4,6-8,13H,3,5,9H2/t13-/m1/s1. The molecule has 0 saturated carbocycles. The van der Waals surface area contributed by atoms with Crippen molar-refractivity contribution in [3.8, 4) is 0 Å². The van der Waals surface area contributed by atoms with Gasteiger partial charge >= 0.3 is 0 Å². The van der Waals surface area contributed by atoms with Crippen LogP contribution < -0.4 is 0 Å². The Morgan fingerprint density at radius 1 is 1.12 bits per heavy atom. The molecule has 128 valence electrons. The van der Waals surface area contributed by atoms with E-state index in [2.05, 4.69) is 4.98 Å². The first-order chi connectivity index (χ1) is 12.1. The number of para-hydroxylation sites is 1. The second-order valence-electron chi connectivity index (χ2n) is 5.90. The van der Waals surface area contributed by atoms with Gasteiger partial charge in [-0.25, -0.2) is 18.2 Å². The van der Waals surface area contributed by atoms with E-state index in [0.717, 1.165) is 33.8 Å². The van der Waals surface area contributed by atoms with Crippen LogP contribution >= 0.6 is 11.3 Å². The van der Waals surface area contributed by atoms with E-state index >= 15 is 0 Å². The number of nitrogens with zero attached hydrogens (tertiary/aromatic N) is 2. The summed E-state index contributed by atoms with van der Waals surface area (Å²) >= 11 is 1.49. The van der Waals surface area contributed by atoms with E-state index in [1.165, 1.54) is 16.2 Å². The Bertz CT molecular complexity index is 939. The number of likely N-dealkylation sites (tertiary alicyclic amines) is 1. The maximum atomic E-state index is 14.0. The topological polar surface area (TPSA) is 33.2 Å². The number of benzene rings is 2. The first kappa shape index (κ1) is 16.1. The zero-order chi connectivity index (χ0) is 17.6. The highest BCUT2D eigenvalue weighted by Crippen LogP contribution is 2.37. The molecule has 4 rings (SSSR count). The van der Waals surface area contributed by atoms with Crippen LogP contribution in [0.25, 0.3) is 10.2 Å². The lowest BCUT2D eigenvalue weighted by Crippen LogP contribution is -2.31. The summed E-state index contributed by atoms with van der Waals surface area (Å²) in [6.45, 7) is 0.428. The molecule has 2 aromatic carbocycles. The molecular weight excluding hydrogens is 349 g/mol. The zero-order valence-electron chi connectivity index (χ0n) is 13.0. The highest BCUT2D eigenvalue weighted by Gasteiger charge is 2.34. The first-order valence-electron chi connectivity index (χ1n) is 7.86. The quantitative estimate of drug-likeness (QED) is 0.620. The summed E-state index contributed by atoms with van der Waals surface area (Å²) in [5.74, 6) is -5.02. The predicted molar refractivity (Wildman–Crippen MR) is 88.9 cm³/mol. The second-order valence-corrected chi connectivity index (χ2v) is 6.96. The molecule has 0 unspecified atom stereocenters. The summed E-state index contributed by atoms with van der Waals surface area (Å²) < 4.78 is 41.6. The number of rotatable bonds is 2. The second kappa shape index (κ2) is 6.15. The van der Waals surface area contributed by atoms with E-state index in [9.17, 15) is 18.0 Å². The van der Waals surface area contributed by atoms with E-state index in [0.29, 0.717) is 13.0 Å². The molecule has 2 heterocycles. The molecule has 1 atom stereocenters. The van der Waals surface area contributed by atoms with Crippen LogP contribution in [0, 0.1) is 17.5 Å². The molecular formula is C18H13F3N2OS. The molecule has 25 heavy (non-hydrogen) atoms. The highest BCUT2D eigenvalue weighted by atomic mass is 32.1. The number of thiazole rings is 1. The fourth-order valence-electron chi connectivity index (χ4n) is 3.14. The third kappa shape index (κ3) is 2.68. The molecule has 1 saturated heterocycles. The van der Waals surface area contributed by atoms with Gasteiger partial charge < -0.3 is 4.90 Å². The van der Waals surface area contributed by atoms with Crippen molar-refractivity contribution < 1.29 is 18.0 Å². The number of carbonyl (C=O) groups excluding carboxylic acids is 1. The zero-order valence-corrected chi connectivity index (χ0v) is 13.8. The minimum Gasteiger partial charge on any atom is -0.329 e. The average molecular weight is 362 g/mol. The summed E-state index contributed by atoms with van der Waals surface area (Å²) in [6.07, 6.45) is 1.45. The summed E-state index contributed by atoms with van der Waals surface area (Å²) in [4.78, 5) is 18.8. The Balaban J connectivity index is 1.69. The van der Waals surface area contributed by atoms with E-state index in [4.69, 9.17) is 0 Å². The van der Waals surface area contributed by atoms with Gasteiger partial charge in [-0.05, 0) is 37.1 Å². The van der Waals surface area contributed by atoms with Crippen molar-refractivity contribution in [3.05, 3.63) is 64.4 Å². The number of hydrogen-bond donors (Lipinski definition) is 0. The number of halogens is 3. The predicted octanol–water partition coefficient (Wildman–Crippen LogP) is 4.69. The van der Waals surface area contributed by atoms with Crippen LogP contribution in [0.1, 0.15) is 34.2 Å². The summed E-state index contributed by atoms with van der Waals surface area (Å²) in [5.41, 5.74) is 0.396. The molecule has 0 radical (unpaired) electrons. The van der Waals surface area contributed by atoms with Gasteiger partial charge in [0.1, 0.15) is 5.01 Å². The Labute approximate surface area is 145 Å². The average Bonchev–Trinajstić information content (AvgIpc) is 3.25. The molecule has 7 heteroatoms. The van der Waals surface area contributed by atoms with Crippen LogP contribution in [0.5, 0.6) is 0 Å². The van der Waals surface area contributed by atoms with Crippen LogP contribution in [0.15, 0.2) is 36.4 Å². The maximum Gasteiger partial charge on any atom is 0.257 e. The molecule has 0 N–H and O–H groups in total. The van der Waals surface area contributed by atoms with Gasteiger partial charge in [0.25, 0.3) is 5.91 Å². The molecule has 0 bridgehead atoms. The monoisotopic (exact) mass is 362 g/mol. The number of fused-ring (bicyclic) bond motifs is 1. The maximum absolute atomic E-state index is 14.0. The van der Waals surface area contributed by atoms with E-state index < -0.39 is 28.9 Å². The summed E-state index contributed by atoms with van der Waals surface area (Å²) in [5, 5.41) is 0.773. The highest BCUT2D eigenvalue weighted by molar-refractivity contribution is 7.18. The SMILES string of the molecule is O=C(c1ccc(F)c(F)c1F)N1CCC[C@@H]1c1nc2ccccc2s1. The van der Waals surface area contributed by atoms with Gasteiger partial charge in [-0.15, -0.1) is 11.3 Å². The number of amides is 1. The summed E-state index contributed by atoms with van der Waals surface area (Å²) in [7, 11) is 0. The number of hydrogen-bond acceptors (Lipinski definition) is 3. The van der Waals surface area contributed by atoms with Crippen molar-refractivity contribution in [3.63, 3.8) is 0 Å². The normalized spacial score (nSPS) is 17.4. The molecule has 1 aliphatic heterocycles. The van der Waals surface area contributed by atoms with Gasteiger partial charge in [-0.1, -0.05) is 12.1 Å². The minimum atomic E-state index is -1.62. The van der Waals surface area contributed by atoms with E-state index in [1.54, 1.807) is 0 Å². The van der Waals surface area contributed by atoms with Crippen molar-refractivity contribution in [2.75, 3.05) is 6.54 Å². The van der Waals surface area contributed by atoms with Gasteiger partial charge in [0.2, 0.25) is 0 Å². The molecule has 0 aliphatic carbocycles. The van der Waals surface area contributed by atoms with E-state index in [-0.39, 0.29) is 6.04 Å². The molecule has 0 spiro atoms. The van der Waals surface area contributed by atoms with Gasteiger partial charge in [0.15, 0.2) is 17.5 Å². The van der Waals surface area contributed by atoms with Crippen molar-refractivity contribution >= 4 is 27.5 Å². The van der Waals surface area contributed by atoms with E-state index in [1.807, 2.05) is 24.3 Å². The molecule has 1 aromatic heterocycles. The van der Waals surface area contributed by atoms with Crippen molar-refractivity contribution in [2.24, 2.45) is 0 Å². The molecule has 3 nitrogen and oxygen atoms in total. The third-order valence-corrected chi connectivity index (χ3v) is 5.51. The van der Waals surface area contributed by atoms with Crippen LogP contribution in [0.4, 0.5) is 13.2 Å². The Kier molecular flexibility index (Phi) is 3.95. The van der Waals surface area contributed by atoms with Gasteiger partial charge in [0, 0.05) is 6.54 Å². The fraction of sp³-hybridized carbons (Fsp3) is 0.222. The van der Waals surface area contributed by atoms with Gasteiger partial charge in [-0.2, -0.15) is 0 Å².